The van der Waals surface area contributed by atoms with Crippen LogP contribution in [0.1, 0.15) is 5.56 Å². The first-order chi connectivity index (χ1) is 21.6. The Morgan fingerprint density at radius 2 is 0.682 bits per heavy atom. The maximum Gasteiger partial charge on any atom is 0.297 e. The average molecular weight is 659 g/mol. The molecule has 0 fully saturated rings. The molecule has 0 bridgehead atoms. The largest absolute Gasteiger partial charge is 0.377 e. The molecule has 0 saturated carbocycles. The Balaban J connectivity index is 1.69. The highest BCUT2D eigenvalue weighted by Crippen LogP contribution is 2.12. The summed E-state index contributed by atoms with van der Waals surface area (Å²) in [6, 6.07) is 6.47. The monoisotopic (exact) mass is 658 g/mol. The molecule has 13 nitrogen and oxygen atoms in total. The third kappa shape index (κ3) is 25.9. The molecule has 0 radical (unpaired) electrons. The first-order valence-electron chi connectivity index (χ1n) is 14.9. The van der Waals surface area contributed by atoms with E-state index in [1.165, 1.54) is 12.1 Å². The number of ether oxygens (including phenoxy) is 10. The summed E-state index contributed by atoms with van der Waals surface area (Å²) in [5.74, 6) is 0. The number of alkyl halides is 1. The second-order valence-corrected chi connectivity index (χ2v) is 10.5. The second-order valence-electron chi connectivity index (χ2n) is 8.90. The molecule has 0 aliphatic rings. The Bertz CT molecular complexity index is 846. The van der Waals surface area contributed by atoms with Gasteiger partial charge in [-0.25, -0.2) is 4.39 Å². The van der Waals surface area contributed by atoms with Crippen LogP contribution in [0, 0.1) is 6.92 Å². The summed E-state index contributed by atoms with van der Waals surface area (Å²) >= 11 is 0. The fraction of sp³-hybridized carbons (Fsp3) is 0.793. The Kier molecular flexibility index (Phi) is 28.0. The summed E-state index contributed by atoms with van der Waals surface area (Å²) < 4.78 is 94.4. The van der Waals surface area contributed by atoms with Crippen LogP contribution in [-0.4, -0.2) is 154 Å². The predicted molar refractivity (Wildman–Crippen MR) is 158 cm³/mol. The van der Waals surface area contributed by atoms with E-state index < -0.39 is 16.8 Å². The van der Waals surface area contributed by atoms with Gasteiger partial charge in [0, 0.05) is 0 Å². The zero-order valence-electron chi connectivity index (χ0n) is 26.0. The number of aryl methyl sites for hydroxylation is 1. The van der Waals surface area contributed by atoms with Gasteiger partial charge in [-0.15, -0.1) is 0 Å². The van der Waals surface area contributed by atoms with E-state index in [0.29, 0.717) is 119 Å². The van der Waals surface area contributed by atoms with E-state index in [-0.39, 0.29) is 24.7 Å². The van der Waals surface area contributed by atoms with Crippen LogP contribution in [-0.2, 0) is 61.7 Å². The zero-order valence-corrected chi connectivity index (χ0v) is 26.8. The van der Waals surface area contributed by atoms with Gasteiger partial charge < -0.3 is 47.4 Å². The first kappa shape index (κ1) is 40.7. The van der Waals surface area contributed by atoms with Gasteiger partial charge in [-0.05, 0) is 19.1 Å². The maximum absolute atomic E-state index is 12.1. The fourth-order valence-corrected chi connectivity index (χ4v) is 4.00. The standard InChI is InChI=1S/C29H51FO13S/c1-28-2-4-29(5-3-28)44(31,32)43-27-26-42-25-24-41-23-22-40-21-20-39-19-18-38-17-16-37-15-14-36-13-12-35-11-10-34-9-8-33-7-6-30/h2-5H,6-27H2,1H3. The molecular weight excluding hydrogens is 607 g/mol. The maximum atomic E-state index is 12.1. The Labute approximate surface area is 261 Å². The third-order valence-corrected chi connectivity index (χ3v) is 6.67. The van der Waals surface area contributed by atoms with Crippen LogP contribution in [0.2, 0.25) is 0 Å². The van der Waals surface area contributed by atoms with Crippen molar-refractivity contribution in [2.45, 2.75) is 11.8 Å². The molecule has 0 aromatic heterocycles. The highest BCUT2D eigenvalue weighted by molar-refractivity contribution is 7.86. The molecule has 0 amide bonds. The molecule has 0 aliphatic carbocycles. The quantitative estimate of drug-likeness (QED) is 0.0788. The third-order valence-electron chi connectivity index (χ3n) is 5.35. The van der Waals surface area contributed by atoms with Gasteiger partial charge in [0.05, 0.1) is 144 Å². The van der Waals surface area contributed by atoms with E-state index in [1.54, 1.807) is 12.1 Å². The number of rotatable bonds is 34. The average Bonchev–Trinajstić information content (AvgIpc) is 3.02. The van der Waals surface area contributed by atoms with E-state index in [4.69, 9.17) is 51.6 Å². The summed E-state index contributed by atoms with van der Waals surface area (Å²) in [5.41, 5.74) is 0.972. The normalized spacial score (nSPS) is 11.9. The van der Waals surface area contributed by atoms with Crippen LogP contribution >= 0.6 is 0 Å². The molecule has 44 heavy (non-hydrogen) atoms. The summed E-state index contributed by atoms with van der Waals surface area (Å²) in [7, 11) is -3.77. The van der Waals surface area contributed by atoms with Crippen LogP contribution in [0.4, 0.5) is 4.39 Å². The van der Waals surface area contributed by atoms with Gasteiger partial charge in [0.1, 0.15) is 6.67 Å². The molecule has 0 atom stereocenters. The van der Waals surface area contributed by atoms with Crippen molar-refractivity contribution in [1.82, 2.24) is 0 Å². The minimum Gasteiger partial charge on any atom is -0.377 e. The molecule has 0 unspecified atom stereocenters. The van der Waals surface area contributed by atoms with Crippen LogP contribution < -0.4 is 0 Å². The highest BCUT2D eigenvalue weighted by Gasteiger charge is 2.14. The fourth-order valence-electron chi connectivity index (χ4n) is 3.11. The molecule has 258 valence electrons. The molecule has 0 saturated heterocycles. The van der Waals surface area contributed by atoms with E-state index in [9.17, 15) is 12.8 Å². The Morgan fingerprint density at radius 1 is 0.432 bits per heavy atom. The van der Waals surface area contributed by atoms with Gasteiger partial charge in [0.2, 0.25) is 0 Å². The molecule has 1 aromatic carbocycles. The number of hydrogen-bond donors (Lipinski definition) is 0. The molecule has 15 heteroatoms. The smallest absolute Gasteiger partial charge is 0.297 e. The van der Waals surface area contributed by atoms with Gasteiger partial charge in [-0.3, -0.25) is 4.18 Å². The molecule has 0 heterocycles. The Hall–Kier alpha value is -1.34. The van der Waals surface area contributed by atoms with Gasteiger partial charge in [0.15, 0.2) is 0 Å². The number of halogens is 1. The molecule has 1 aromatic rings. The van der Waals surface area contributed by atoms with Crippen molar-refractivity contribution in [3.05, 3.63) is 29.8 Å². The summed E-state index contributed by atoms with van der Waals surface area (Å²) in [6.07, 6.45) is 0. The van der Waals surface area contributed by atoms with Crippen molar-refractivity contribution in [2.24, 2.45) is 0 Å². The topological polar surface area (TPSA) is 136 Å². The summed E-state index contributed by atoms with van der Waals surface area (Å²) in [4.78, 5) is 0.125. The lowest BCUT2D eigenvalue weighted by Crippen LogP contribution is -2.15. The molecule has 0 spiro atoms. The first-order valence-corrected chi connectivity index (χ1v) is 16.3. The SMILES string of the molecule is Cc1ccc(S(=O)(=O)OCCOCCOCCOCCOCCOCCOCCOCCOCCOCCOCCF)cc1. The molecule has 1 rings (SSSR count). The van der Waals surface area contributed by atoms with Gasteiger partial charge in [-0.1, -0.05) is 17.7 Å². The predicted octanol–water partition coefficient (Wildman–Crippen LogP) is 1.84. The number of hydrogen-bond acceptors (Lipinski definition) is 13. The van der Waals surface area contributed by atoms with Crippen molar-refractivity contribution in [1.29, 1.82) is 0 Å². The van der Waals surface area contributed by atoms with Gasteiger partial charge in [-0.2, -0.15) is 8.42 Å². The summed E-state index contributed by atoms with van der Waals surface area (Å²) in [6.45, 7) is 9.58. The molecular formula is C29H51FO13S. The van der Waals surface area contributed by atoms with Crippen molar-refractivity contribution in [2.75, 3.05) is 145 Å². The van der Waals surface area contributed by atoms with Crippen molar-refractivity contribution < 1.29 is 64.4 Å². The minimum atomic E-state index is -3.77. The highest BCUT2D eigenvalue weighted by atomic mass is 32.2. The second kappa shape index (κ2) is 30.3. The number of benzene rings is 1. The lowest BCUT2D eigenvalue weighted by atomic mass is 10.2. The summed E-state index contributed by atoms with van der Waals surface area (Å²) in [5, 5.41) is 0. The van der Waals surface area contributed by atoms with E-state index in [2.05, 4.69) is 0 Å². The van der Waals surface area contributed by atoms with E-state index >= 15 is 0 Å². The zero-order chi connectivity index (χ0) is 31.8. The molecule has 0 aliphatic heterocycles. The van der Waals surface area contributed by atoms with Crippen molar-refractivity contribution in [3.8, 4) is 0 Å². The lowest BCUT2D eigenvalue weighted by molar-refractivity contribution is -0.0268. The van der Waals surface area contributed by atoms with E-state index in [1.807, 2.05) is 6.92 Å². The van der Waals surface area contributed by atoms with Crippen LogP contribution in [0.15, 0.2) is 29.2 Å². The minimum absolute atomic E-state index is 0.0625. The van der Waals surface area contributed by atoms with Crippen molar-refractivity contribution >= 4 is 10.1 Å². The lowest BCUT2D eigenvalue weighted by Gasteiger charge is -2.09. The molecule has 0 N–H and O–H groups in total. The van der Waals surface area contributed by atoms with Gasteiger partial charge >= 0.3 is 0 Å². The van der Waals surface area contributed by atoms with Crippen LogP contribution in [0.3, 0.4) is 0 Å². The van der Waals surface area contributed by atoms with E-state index in [0.717, 1.165) is 5.56 Å². The van der Waals surface area contributed by atoms with Gasteiger partial charge in [0.25, 0.3) is 10.1 Å². The van der Waals surface area contributed by atoms with Crippen molar-refractivity contribution in [3.63, 3.8) is 0 Å². The Morgan fingerprint density at radius 3 is 0.955 bits per heavy atom. The van der Waals surface area contributed by atoms with Crippen LogP contribution in [0.5, 0.6) is 0 Å². The van der Waals surface area contributed by atoms with Crippen LogP contribution in [0.25, 0.3) is 0 Å².